The van der Waals surface area contributed by atoms with Gasteiger partial charge in [0.2, 0.25) is 0 Å². The van der Waals surface area contributed by atoms with Crippen LogP contribution in [0.25, 0.3) is 5.82 Å². The first-order valence-corrected chi connectivity index (χ1v) is 9.33. The Labute approximate surface area is 172 Å². The van der Waals surface area contributed by atoms with Crippen LogP contribution in [0.15, 0.2) is 84.2 Å². The monoisotopic (exact) mass is 401 g/mol. The highest BCUT2D eigenvalue weighted by Gasteiger charge is 2.11. The van der Waals surface area contributed by atoms with Crippen molar-refractivity contribution in [3.05, 3.63) is 95.3 Å². The molecule has 0 saturated carbocycles. The third-order valence-corrected chi connectivity index (χ3v) is 4.34. The van der Waals surface area contributed by atoms with Gasteiger partial charge in [-0.05, 0) is 30.3 Å². The lowest BCUT2D eigenvalue weighted by Gasteiger charge is -2.12. The van der Waals surface area contributed by atoms with E-state index in [1.807, 2.05) is 42.5 Å². The second-order valence-electron chi connectivity index (χ2n) is 6.39. The van der Waals surface area contributed by atoms with Gasteiger partial charge in [-0.15, -0.1) is 5.10 Å². The van der Waals surface area contributed by atoms with Crippen molar-refractivity contribution in [3.63, 3.8) is 0 Å². The van der Waals surface area contributed by atoms with Crippen molar-refractivity contribution in [1.82, 2.24) is 29.9 Å². The number of carbonyl (C=O) groups is 1. The van der Waals surface area contributed by atoms with Crippen LogP contribution in [0.1, 0.15) is 10.4 Å². The van der Waals surface area contributed by atoms with Crippen molar-refractivity contribution in [1.29, 1.82) is 0 Å². The van der Waals surface area contributed by atoms with Crippen LogP contribution in [0.3, 0.4) is 0 Å². The van der Waals surface area contributed by atoms with Crippen LogP contribution >= 0.6 is 0 Å². The van der Waals surface area contributed by atoms with Gasteiger partial charge in [-0.25, -0.2) is 14.3 Å². The average molecular weight is 401 g/mol. The smallest absolute Gasteiger partial charge is 0.266 e. The number of aromatic nitrogens is 5. The van der Waals surface area contributed by atoms with E-state index in [0.717, 1.165) is 5.69 Å². The molecule has 30 heavy (non-hydrogen) atoms. The Hall–Kier alpha value is -4.27. The Balaban J connectivity index is 1.43. The molecule has 2 aromatic heterocycles. The summed E-state index contributed by atoms with van der Waals surface area (Å²) in [6.07, 6.45) is 2.88. The number of para-hydroxylation sites is 2. The van der Waals surface area contributed by atoms with Crippen LogP contribution in [0.2, 0.25) is 0 Å². The summed E-state index contributed by atoms with van der Waals surface area (Å²) in [6, 6.07) is 19.8. The predicted octanol–water partition coefficient (Wildman–Crippen LogP) is 2.00. The van der Waals surface area contributed by atoms with Crippen LogP contribution < -0.4 is 16.2 Å². The van der Waals surface area contributed by atoms with Crippen molar-refractivity contribution in [2.24, 2.45) is 0 Å². The van der Waals surface area contributed by atoms with Gasteiger partial charge in [0.1, 0.15) is 12.7 Å². The fourth-order valence-corrected chi connectivity index (χ4v) is 2.88. The topological polar surface area (TPSA) is 107 Å². The summed E-state index contributed by atoms with van der Waals surface area (Å²) in [4.78, 5) is 28.6. The summed E-state index contributed by atoms with van der Waals surface area (Å²) >= 11 is 0. The van der Waals surface area contributed by atoms with Crippen LogP contribution in [-0.4, -0.2) is 37.0 Å². The van der Waals surface area contributed by atoms with Gasteiger partial charge in [-0.1, -0.05) is 30.3 Å². The quantitative estimate of drug-likeness (QED) is 0.491. The predicted molar refractivity (Wildman–Crippen MR) is 112 cm³/mol. The van der Waals surface area contributed by atoms with E-state index in [2.05, 4.69) is 25.8 Å². The molecule has 0 aliphatic heterocycles. The summed E-state index contributed by atoms with van der Waals surface area (Å²) < 4.78 is 2.74. The summed E-state index contributed by atoms with van der Waals surface area (Å²) in [5.41, 5.74) is 1.83. The molecule has 0 atom stereocenters. The Morgan fingerprint density at radius 3 is 2.57 bits per heavy atom. The maximum atomic E-state index is 12.7. The van der Waals surface area contributed by atoms with Gasteiger partial charge in [-0.3, -0.25) is 9.59 Å². The number of hydrogen-bond acceptors (Lipinski definition) is 6. The first kappa shape index (κ1) is 19.1. The zero-order chi connectivity index (χ0) is 20.8. The molecular weight excluding hydrogens is 382 g/mol. The van der Waals surface area contributed by atoms with Crippen LogP contribution in [0.4, 0.5) is 11.4 Å². The average Bonchev–Trinajstić information content (AvgIpc) is 3.31. The first-order valence-electron chi connectivity index (χ1n) is 9.33. The summed E-state index contributed by atoms with van der Waals surface area (Å²) in [5, 5.41) is 14.4. The van der Waals surface area contributed by atoms with Crippen LogP contribution in [0, 0.1) is 0 Å². The molecule has 2 heterocycles. The van der Waals surface area contributed by atoms with Gasteiger partial charge in [0.25, 0.3) is 11.5 Å². The Morgan fingerprint density at radius 1 is 0.967 bits per heavy atom. The second-order valence-corrected chi connectivity index (χ2v) is 6.39. The molecule has 0 unspecified atom stereocenters. The lowest BCUT2D eigenvalue weighted by molar-refractivity contribution is 0.0952. The molecule has 1 amide bonds. The normalized spacial score (nSPS) is 10.5. The molecule has 0 radical (unpaired) electrons. The number of anilines is 2. The lowest BCUT2D eigenvalue weighted by atomic mass is 10.1. The second kappa shape index (κ2) is 8.82. The van der Waals surface area contributed by atoms with Crippen molar-refractivity contribution < 1.29 is 4.79 Å². The summed E-state index contributed by atoms with van der Waals surface area (Å²) in [7, 11) is 0. The van der Waals surface area contributed by atoms with E-state index in [0.29, 0.717) is 17.1 Å². The molecule has 0 spiro atoms. The number of benzene rings is 2. The largest absolute Gasteiger partial charge is 0.355 e. The molecule has 2 N–H and O–H groups in total. The Bertz CT molecular complexity index is 1190. The van der Waals surface area contributed by atoms with Gasteiger partial charge in [0.05, 0.1) is 17.8 Å². The number of carbonyl (C=O) groups excluding carboxylic acids is 1. The van der Waals surface area contributed by atoms with Gasteiger partial charge in [0.15, 0.2) is 5.82 Å². The van der Waals surface area contributed by atoms with E-state index in [1.165, 1.54) is 28.1 Å². The van der Waals surface area contributed by atoms with E-state index >= 15 is 0 Å². The molecule has 2 aromatic carbocycles. The lowest BCUT2D eigenvalue weighted by Crippen LogP contribution is -2.32. The molecule has 4 aromatic rings. The van der Waals surface area contributed by atoms with Gasteiger partial charge >= 0.3 is 0 Å². The number of nitrogens with zero attached hydrogens (tertiary/aromatic N) is 5. The SMILES string of the molecule is O=C(NCCn1nc(-n2cncn2)ccc1=O)c1ccccc1Nc1ccccc1. The zero-order valence-electron chi connectivity index (χ0n) is 16.0. The molecule has 0 aliphatic carbocycles. The van der Waals surface area contributed by atoms with Gasteiger partial charge in [-0.2, -0.15) is 5.10 Å². The standard InChI is InChI=1S/C21H19N7O2/c29-20-11-10-19(28-15-22-14-24-28)26-27(20)13-12-23-21(30)17-8-4-5-9-18(17)25-16-6-2-1-3-7-16/h1-11,14-15,25H,12-13H2,(H,23,30). The van der Waals surface area contributed by atoms with E-state index < -0.39 is 0 Å². The minimum Gasteiger partial charge on any atom is -0.355 e. The molecule has 150 valence electrons. The fourth-order valence-electron chi connectivity index (χ4n) is 2.88. The van der Waals surface area contributed by atoms with E-state index in [-0.39, 0.29) is 24.6 Å². The third-order valence-electron chi connectivity index (χ3n) is 4.34. The number of hydrogen-bond donors (Lipinski definition) is 2. The maximum Gasteiger partial charge on any atom is 0.266 e. The van der Waals surface area contributed by atoms with Crippen molar-refractivity contribution in [3.8, 4) is 5.82 Å². The van der Waals surface area contributed by atoms with E-state index in [1.54, 1.807) is 18.2 Å². The summed E-state index contributed by atoms with van der Waals surface area (Å²) in [5.74, 6) is 0.227. The van der Waals surface area contributed by atoms with Crippen molar-refractivity contribution in [2.45, 2.75) is 6.54 Å². The molecule has 9 heteroatoms. The molecule has 0 aliphatic rings. The number of amides is 1. The highest BCUT2D eigenvalue weighted by Crippen LogP contribution is 2.20. The van der Waals surface area contributed by atoms with E-state index in [4.69, 9.17) is 0 Å². The first-order chi connectivity index (χ1) is 14.7. The Kier molecular flexibility index (Phi) is 5.61. The van der Waals surface area contributed by atoms with Crippen molar-refractivity contribution in [2.75, 3.05) is 11.9 Å². The molecule has 0 fully saturated rings. The third kappa shape index (κ3) is 4.41. The molecule has 9 nitrogen and oxygen atoms in total. The highest BCUT2D eigenvalue weighted by molar-refractivity contribution is 6.00. The Morgan fingerprint density at radius 2 is 1.77 bits per heavy atom. The van der Waals surface area contributed by atoms with Crippen LogP contribution in [0.5, 0.6) is 0 Å². The van der Waals surface area contributed by atoms with Gasteiger partial charge < -0.3 is 10.6 Å². The zero-order valence-corrected chi connectivity index (χ0v) is 16.0. The number of rotatable bonds is 7. The number of nitrogens with one attached hydrogen (secondary N) is 2. The summed E-state index contributed by atoms with van der Waals surface area (Å²) in [6.45, 7) is 0.466. The minimum atomic E-state index is -0.265. The van der Waals surface area contributed by atoms with Crippen molar-refractivity contribution >= 4 is 17.3 Å². The maximum absolute atomic E-state index is 12.7. The molecule has 0 saturated heterocycles. The molecule has 4 rings (SSSR count). The molecular formula is C21H19N7O2. The van der Waals surface area contributed by atoms with Crippen LogP contribution in [-0.2, 0) is 6.54 Å². The highest BCUT2D eigenvalue weighted by atomic mass is 16.2. The molecule has 0 bridgehead atoms. The fraction of sp³-hybridized carbons (Fsp3) is 0.0952. The van der Waals surface area contributed by atoms with E-state index in [9.17, 15) is 9.59 Å². The minimum absolute atomic E-state index is 0.224. The van der Waals surface area contributed by atoms with Gasteiger partial charge in [0, 0.05) is 18.3 Å².